The summed E-state index contributed by atoms with van der Waals surface area (Å²) in [6.07, 6.45) is -0.888. The average molecular weight is 246 g/mol. The highest BCUT2D eigenvalue weighted by atomic mass is 32.3. The van der Waals surface area contributed by atoms with E-state index < -0.39 is 26.6 Å². The zero-order valence-electron chi connectivity index (χ0n) is 7.37. The summed E-state index contributed by atoms with van der Waals surface area (Å²) in [5.41, 5.74) is 0. The molecule has 0 N–H and O–H groups in total. The van der Waals surface area contributed by atoms with Crippen LogP contribution in [0.4, 0.5) is 0 Å². The van der Waals surface area contributed by atoms with Gasteiger partial charge < -0.3 is 0 Å². The smallest absolute Gasteiger partial charge is 0.267 e. The minimum absolute atomic E-state index is 0.173. The Labute approximate surface area is 82.4 Å². The molecule has 1 fully saturated rings. The third-order valence-corrected chi connectivity index (χ3v) is 3.57. The van der Waals surface area contributed by atoms with E-state index in [0.29, 0.717) is 0 Å². The maximum Gasteiger partial charge on any atom is 0.400 e. The zero-order valence-corrected chi connectivity index (χ0v) is 9.01. The van der Waals surface area contributed by atoms with Gasteiger partial charge in [-0.25, -0.2) is 8.37 Å². The lowest BCUT2D eigenvalue weighted by Gasteiger charge is -2.05. The molecular formula is C5H10O7S2. The van der Waals surface area contributed by atoms with Gasteiger partial charge in [0.2, 0.25) is 0 Å². The molecule has 14 heavy (non-hydrogen) atoms. The van der Waals surface area contributed by atoms with Crippen molar-refractivity contribution >= 4 is 20.5 Å². The van der Waals surface area contributed by atoms with Crippen LogP contribution in [0.25, 0.3) is 0 Å². The van der Waals surface area contributed by atoms with Crippen LogP contribution in [0.3, 0.4) is 0 Å². The van der Waals surface area contributed by atoms with Crippen LogP contribution in [0.15, 0.2) is 0 Å². The highest BCUT2D eigenvalue weighted by molar-refractivity contribution is 7.86. The predicted molar refractivity (Wildman–Crippen MR) is 45.2 cm³/mol. The second-order valence-electron chi connectivity index (χ2n) is 2.54. The first-order chi connectivity index (χ1) is 6.35. The summed E-state index contributed by atoms with van der Waals surface area (Å²) in [6.45, 7) is 0.842. The van der Waals surface area contributed by atoms with Gasteiger partial charge in [0.05, 0.1) is 19.0 Å². The maximum atomic E-state index is 10.8. The molecule has 0 bridgehead atoms. The Morgan fingerprint density at radius 3 is 2.57 bits per heavy atom. The first-order valence-electron chi connectivity index (χ1n) is 3.79. The first-order valence-corrected chi connectivity index (χ1v) is 6.70. The molecule has 84 valence electrons. The fourth-order valence-corrected chi connectivity index (χ4v) is 2.06. The highest BCUT2D eigenvalue weighted by Gasteiger charge is 2.31. The SMILES string of the molecule is CCS(=O)(=O)OC[C@H]1COS(=O)(=O)O1. The van der Waals surface area contributed by atoms with Gasteiger partial charge in [-0.1, -0.05) is 0 Å². The van der Waals surface area contributed by atoms with E-state index >= 15 is 0 Å². The van der Waals surface area contributed by atoms with Crippen molar-refractivity contribution in [3.8, 4) is 0 Å². The quantitative estimate of drug-likeness (QED) is 0.588. The molecule has 7 nitrogen and oxygen atoms in total. The van der Waals surface area contributed by atoms with Crippen molar-refractivity contribution in [1.82, 2.24) is 0 Å². The summed E-state index contributed by atoms with van der Waals surface area (Å²) in [5.74, 6) is -0.173. The lowest BCUT2D eigenvalue weighted by molar-refractivity contribution is 0.153. The molecule has 0 unspecified atom stereocenters. The summed E-state index contributed by atoms with van der Waals surface area (Å²) in [7, 11) is -7.52. The van der Waals surface area contributed by atoms with Crippen LogP contribution in [-0.4, -0.2) is 41.9 Å². The van der Waals surface area contributed by atoms with Gasteiger partial charge >= 0.3 is 10.4 Å². The van der Waals surface area contributed by atoms with Gasteiger partial charge in [0, 0.05) is 0 Å². The molecule has 0 radical (unpaired) electrons. The average Bonchev–Trinajstić information content (AvgIpc) is 2.43. The lowest BCUT2D eigenvalue weighted by Crippen LogP contribution is -2.21. The van der Waals surface area contributed by atoms with Crippen molar-refractivity contribution in [2.75, 3.05) is 19.0 Å². The van der Waals surface area contributed by atoms with Crippen LogP contribution >= 0.6 is 0 Å². The molecule has 0 amide bonds. The monoisotopic (exact) mass is 246 g/mol. The highest BCUT2D eigenvalue weighted by Crippen LogP contribution is 2.13. The van der Waals surface area contributed by atoms with E-state index in [2.05, 4.69) is 12.5 Å². The van der Waals surface area contributed by atoms with Crippen molar-refractivity contribution in [1.29, 1.82) is 0 Å². The third kappa shape index (κ3) is 3.50. The van der Waals surface area contributed by atoms with Gasteiger partial charge in [-0.3, -0.25) is 4.18 Å². The van der Waals surface area contributed by atoms with Gasteiger partial charge in [0.15, 0.2) is 0 Å². The fraction of sp³-hybridized carbons (Fsp3) is 1.00. The van der Waals surface area contributed by atoms with E-state index in [9.17, 15) is 16.8 Å². The van der Waals surface area contributed by atoms with Gasteiger partial charge in [0.25, 0.3) is 10.1 Å². The van der Waals surface area contributed by atoms with Gasteiger partial charge in [-0.15, -0.1) is 0 Å². The van der Waals surface area contributed by atoms with Gasteiger partial charge in [-0.2, -0.15) is 16.8 Å². The Hall–Kier alpha value is -0.220. The minimum atomic E-state index is -3.94. The number of hydrogen-bond acceptors (Lipinski definition) is 7. The Balaban J connectivity index is 2.42. The molecule has 0 aliphatic carbocycles. The molecule has 1 saturated heterocycles. The molecule has 1 aliphatic rings. The number of hydrogen-bond donors (Lipinski definition) is 0. The fourth-order valence-electron chi connectivity index (χ4n) is 0.720. The molecule has 1 rings (SSSR count). The maximum absolute atomic E-state index is 10.8. The first kappa shape index (κ1) is 11.9. The molecule has 0 saturated carbocycles. The van der Waals surface area contributed by atoms with E-state index in [0.717, 1.165) is 0 Å². The van der Waals surface area contributed by atoms with E-state index in [1.807, 2.05) is 0 Å². The van der Waals surface area contributed by atoms with E-state index in [1.54, 1.807) is 0 Å². The van der Waals surface area contributed by atoms with Crippen LogP contribution in [0.5, 0.6) is 0 Å². The van der Waals surface area contributed by atoms with Crippen molar-refractivity contribution < 1.29 is 29.4 Å². The predicted octanol–water partition coefficient (Wildman–Crippen LogP) is -0.987. The molecule has 1 aliphatic heterocycles. The summed E-state index contributed by atoms with van der Waals surface area (Å²) in [4.78, 5) is 0. The molecule has 0 spiro atoms. The van der Waals surface area contributed by atoms with Crippen LogP contribution in [-0.2, 0) is 33.1 Å². The van der Waals surface area contributed by atoms with Crippen molar-refractivity contribution in [3.63, 3.8) is 0 Å². The van der Waals surface area contributed by atoms with Crippen LogP contribution < -0.4 is 0 Å². The van der Waals surface area contributed by atoms with Crippen molar-refractivity contribution in [3.05, 3.63) is 0 Å². The third-order valence-electron chi connectivity index (χ3n) is 1.44. The Morgan fingerprint density at radius 1 is 1.50 bits per heavy atom. The summed E-state index contributed by atoms with van der Waals surface area (Å²) in [5, 5.41) is 0. The van der Waals surface area contributed by atoms with Crippen LogP contribution in [0.1, 0.15) is 6.92 Å². The molecule has 1 atom stereocenters. The van der Waals surface area contributed by atoms with E-state index in [-0.39, 0.29) is 19.0 Å². The lowest BCUT2D eigenvalue weighted by atomic mass is 10.4. The Bertz CT molecular complexity index is 380. The molecular weight excluding hydrogens is 236 g/mol. The molecule has 0 aromatic heterocycles. The van der Waals surface area contributed by atoms with E-state index in [4.69, 9.17) is 0 Å². The van der Waals surface area contributed by atoms with Crippen LogP contribution in [0.2, 0.25) is 0 Å². The Kier molecular flexibility index (Phi) is 3.48. The normalized spacial score (nSPS) is 26.5. The Morgan fingerprint density at radius 2 is 2.14 bits per heavy atom. The molecule has 1 heterocycles. The number of rotatable bonds is 4. The van der Waals surface area contributed by atoms with Gasteiger partial charge in [-0.05, 0) is 6.92 Å². The largest absolute Gasteiger partial charge is 0.400 e. The summed E-state index contributed by atoms with van der Waals surface area (Å²) in [6, 6.07) is 0. The van der Waals surface area contributed by atoms with Crippen LogP contribution in [0, 0.1) is 0 Å². The van der Waals surface area contributed by atoms with Crippen molar-refractivity contribution in [2.45, 2.75) is 13.0 Å². The minimum Gasteiger partial charge on any atom is -0.267 e. The van der Waals surface area contributed by atoms with Gasteiger partial charge in [0.1, 0.15) is 6.10 Å². The molecule has 9 heteroatoms. The molecule has 0 aromatic rings. The second kappa shape index (κ2) is 4.11. The van der Waals surface area contributed by atoms with Crippen molar-refractivity contribution in [2.24, 2.45) is 0 Å². The topological polar surface area (TPSA) is 96.0 Å². The molecule has 0 aromatic carbocycles. The summed E-state index contributed by atoms with van der Waals surface area (Å²) < 4.78 is 55.9. The second-order valence-corrected chi connectivity index (χ2v) is 5.71. The standard InChI is InChI=1S/C5H10O7S2/c1-2-13(6,7)10-3-5-4-11-14(8,9)12-5/h5H,2-4H2,1H3/t5-/m0/s1. The summed E-state index contributed by atoms with van der Waals surface area (Å²) >= 11 is 0. The van der Waals surface area contributed by atoms with E-state index in [1.165, 1.54) is 6.92 Å². The zero-order chi connectivity index (χ0) is 10.8.